The van der Waals surface area contributed by atoms with Gasteiger partial charge in [0.2, 0.25) is 0 Å². The molecule has 0 atom stereocenters. The average Bonchev–Trinajstić information content (AvgIpc) is 2.90. The third kappa shape index (κ3) is 3.43. The summed E-state index contributed by atoms with van der Waals surface area (Å²) in [6, 6.07) is 0.326. The van der Waals surface area contributed by atoms with E-state index >= 15 is 0 Å². The van der Waals surface area contributed by atoms with Crippen molar-refractivity contribution < 1.29 is 0 Å². The van der Waals surface area contributed by atoms with Crippen molar-refractivity contribution in [1.29, 1.82) is 0 Å². The molecule has 0 fully saturated rings. The van der Waals surface area contributed by atoms with Gasteiger partial charge in [-0.15, -0.1) is 0 Å². The first-order valence-electron chi connectivity index (χ1n) is 7.29. The molecule has 114 valence electrons. The number of halogens is 1. The molecule has 21 heavy (non-hydrogen) atoms. The number of hydrogen-bond donors (Lipinski definition) is 1. The molecule has 2 aromatic heterocycles. The molecule has 0 aliphatic rings. The Labute approximate surface area is 134 Å². The van der Waals surface area contributed by atoms with Crippen LogP contribution in [0.2, 0.25) is 0 Å². The molecule has 0 unspecified atom stereocenters. The summed E-state index contributed by atoms with van der Waals surface area (Å²) in [7, 11) is 0. The summed E-state index contributed by atoms with van der Waals surface area (Å²) >= 11 is 3.61. The van der Waals surface area contributed by atoms with Crippen molar-refractivity contribution in [2.75, 3.05) is 11.9 Å². The van der Waals surface area contributed by atoms with Gasteiger partial charge in [0, 0.05) is 18.8 Å². The molecule has 2 heterocycles. The molecule has 0 aliphatic carbocycles. The fourth-order valence-electron chi connectivity index (χ4n) is 2.00. The first kappa shape index (κ1) is 15.9. The highest BCUT2D eigenvalue weighted by Crippen LogP contribution is 2.31. The maximum absolute atomic E-state index is 4.71. The van der Waals surface area contributed by atoms with Gasteiger partial charge >= 0.3 is 0 Å². The lowest BCUT2D eigenvalue weighted by atomic mass is 10.1. The molecule has 6 heteroatoms. The quantitative estimate of drug-likeness (QED) is 0.875. The van der Waals surface area contributed by atoms with Crippen LogP contribution in [0.15, 0.2) is 16.9 Å². The van der Waals surface area contributed by atoms with Gasteiger partial charge in [0.15, 0.2) is 5.82 Å². The lowest BCUT2D eigenvalue weighted by molar-refractivity contribution is 0.532. The second-order valence-corrected chi connectivity index (χ2v) is 6.38. The van der Waals surface area contributed by atoms with Crippen molar-refractivity contribution in [3.05, 3.63) is 22.6 Å². The van der Waals surface area contributed by atoms with Gasteiger partial charge < -0.3 is 5.32 Å². The van der Waals surface area contributed by atoms with Crippen molar-refractivity contribution in [3.63, 3.8) is 0 Å². The van der Waals surface area contributed by atoms with E-state index in [4.69, 9.17) is 4.98 Å². The standard InChI is InChI=1S/C15H22BrN5/c1-6-17-15-12(16)13(9(2)3)19-14(20-15)11-7-18-21(8-11)10(4)5/h7-10H,6H2,1-5H3,(H,17,19,20). The fraction of sp³-hybridized carbons (Fsp3) is 0.533. The van der Waals surface area contributed by atoms with Crippen molar-refractivity contribution >= 4 is 21.7 Å². The highest BCUT2D eigenvalue weighted by atomic mass is 79.9. The summed E-state index contributed by atoms with van der Waals surface area (Å²) in [5.74, 6) is 1.87. The lowest BCUT2D eigenvalue weighted by Gasteiger charge is -2.13. The van der Waals surface area contributed by atoms with Crippen LogP contribution in [0.25, 0.3) is 11.4 Å². The molecule has 1 N–H and O–H groups in total. The summed E-state index contributed by atoms with van der Waals surface area (Å²) in [6.07, 6.45) is 3.82. The summed E-state index contributed by atoms with van der Waals surface area (Å²) in [6.45, 7) is 11.3. The monoisotopic (exact) mass is 351 g/mol. The minimum atomic E-state index is 0.318. The highest BCUT2D eigenvalue weighted by Gasteiger charge is 2.16. The van der Waals surface area contributed by atoms with Gasteiger partial charge in [-0.25, -0.2) is 9.97 Å². The van der Waals surface area contributed by atoms with Gasteiger partial charge in [-0.3, -0.25) is 4.68 Å². The molecular weight excluding hydrogens is 330 g/mol. The Morgan fingerprint density at radius 1 is 1.24 bits per heavy atom. The van der Waals surface area contributed by atoms with Crippen molar-refractivity contribution in [2.45, 2.75) is 46.6 Å². The van der Waals surface area contributed by atoms with E-state index in [0.29, 0.717) is 17.8 Å². The molecule has 2 aromatic rings. The number of anilines is 1. The summed E-state index contributed by atoms with van der Waals surface area (Å²) in [5.41, 5.74) is 1.95. The van der Waals surface area contributed by atoms with Crippen molar-refractivity contribution in [1.82, 2.24) is 19.7 Å². The molecule has 0 spiro atoms. The molecule has 0 radical (unpaired) electrons. The van der Waals surface area contributed by atoms with Gasteiger partial charge in [0.1, 0.15) is 5.82 Å². The largest absolute Gasteiger partial charge is 0.369 e. The summed E-state index contributed by atoms with van der Waals surface area (Å²) in [4.78, 5) is 9.33. The van der Waals surface area contributed by atoms with E-state index < -0.39 is 0 Å². The van der Waals surface area contributed by atoms with E-state index in [2.05, 4.69) is 65.9 Å². The van der Waals surface area contributed by atoms with Crippen LogP contribution in [0.3, 0.4) is 0 Å². The minimum absolute atomic E-state index is 0.318. The molecule has 0 aromatic carbocycles. The van der Waals surface area contributed by atoms with Gasteiger partial charge in [0.25, 0.3) is 0 Å². The second-order valence-electron chi connectivity index (χ2n) is 5.58. The predicted molar refractivity (Wildman–Crippen MR) is 89.6 cm³/mol. The van der Waals surface area contributed by atoms with Crippen LogP contribution in [0.5, 0.6) is 0 Å². The zero-order valence-electron chi connectivity index (χ0n) is 13.2. The number of nitrogens with zero attached hydrogens (tertiary/aromatic N) is 4. The zero-order valence-corrected chi connectivity index (χ0v) is 14.8. The van der Waals surface area contributed by atoms with E-state index in [9.17, 15) is 0 Å². The van der Waals surface area contributed by atoms with Crippen LogP contribution in [-0.4, -0.2) is 26.3 Å². The first-order chi connectivity index (χ1) is 9.93. The smallest absolute Gasteiger partial charge is 0.165 e. The maximum atomic E-state index is 4.71. The lowest BCUT2D eigenvalue weighted by Crippen LogP contribution is -2.07. The molecule has 0 saturated heterocycles. The van der Waals surface area contributed by atoms with Crippen LogP contribution in [0.4, 0.5) is 5.82 Å². The molecule has 0 saturated carbocycles. The number of nitrogens with one attached hydrogen (secondary N) is 1. The molecule has 0 bridgehead atoms. The SMILES string of the molecule is CCNc1nc(-c2cnn(C(C)C)c2)nc(C(C)C)c1Br. The molecule has 0 amide bonds. The fourth-order valence-corrected chi connectivity index (χ4v) is 2.77. The van der Waals surface area contributed by atoms with Gasteiger partial charge in [-0.1, -0.05) is 13.8 Å². The maximum Gasteiger partial charge on any atom is 0.165 e. The van der Waals surface area contributed by atoms with E-state index in [1.165, 1.54) is 0 Å². The number of rotatable bonds is 5. The van der Waals surface area contributed by atoms with E-state index in [1.807, 2.05) is 17.1 Å². The van der Waals surface area contributed by atoms with E-state index in [1.54, 1.807) is 0 Å². The van der Waals surface area contributed by atoms with Crippen LogP contribution in [0.1, 0.15) is 52.3 Å². The first-order valence-corrected chi connectivity index (χ1v) is 8.09. The van der Waals surface area contributed by atoms with Crippen LogP contribution in [0, 0.1) is 0 Å². The Hall–Kier alpha value is -1.43. The van der Waals surface area contributed by atoms with Gasteiger partial charge in [-0.2, -0.15) is 5.10 Å². The Morgan fingerprint density at radius 3 is 2.48 bits per heavy atom. The third-order valence-electron chi connectivity index (χ3n) is 3.16. The zero-order chi connectivity index (χ0) is 15.6. The third-order valence-corrected chi connectivity index (χ3v) is 3.94. The topological polar surface area (TPSA) is 55.6 Å². The van der Waals surface area contributed by atoms with Crippen molar-refractivity contribution in [3.8, 4) is 11.4 Å². The molecule has 5 nitrogen and oxygen atoms in total. The average molecular weight is 352 g/mol. The summed E-state index contributed by atoms with van der Waals surface area (Å²) < 4.78 is 2.86. The van der Waals surface area contributed by atoms with Crippen LogP contribution >= 0.6 is 15.9 Å². The Morgan fingerprint density at radius 2 is 1.95 bits per heavy atom. The Kier molecular flexibility index (Phi) is 4.98. The van der Waals surface area contributed by atoms with E-state index in [0.717, 1.165) is 28.1 Å². The van der Waals surface area contributed by atoms with Gasteiger partial charge in [-0.05, 0) is 42.6 Å². The van der Waals surface area contributed by atoms with Crippen LogP contribution < -0.4 is 5.32 Å². The van der Waals surface area contributed by atoms with E-state index in [-0.39, 0.29) is 0 Å². The summed E-state index contributed by atoms with van der Waals surface area (Å²) in [5, 5.41) is 7.65. The number of aromatic nitrogens is 4. The molecular formula is C15H22BrN5. The Balaban J connectivity index is 2.51. The molecule has 0 aliphatic heterocycles. The minimum Gasteiger partial charge on any atom is -0.369 e. The predicted octanol–water partition coefficient (Wildman–Crippen LogP) is 4.24. The normalized spacial score (nSPS) is 11.4. The highest BCUT2D eigenvalue weighted by molar-refractivity contribution is 9.10. The van der Waals surface area contributed by atoms with Gasteiger partial charge in [0.05, 0.1) is 21.9 Å². The van der Waals surface area contributed by atoms with Crippen molar-refractivity contribution in [2.24, 2.45) is 0 Å². The van der Waals surface area contributed by atoms with Crippen LogP contribution in [-0.2, 0) is 0 Å². The molecule has 2 rings (SSSR count). The second kappa shape index (κ2) is 6.56. The Bertz CT molecular complexity index is 619. The number of hydrogen-bond acceptors (Lipinski definition) is 4.